The third-order valence-electron chi connectivity index (χ3n) is 3.13. The first kappa shape index (κ1) is 10.4. The Morgan fingerprint density at radius 2 is 1.19 bits per heavy atom. The summed E-state index contributed by atoms with van der Waals surface area (Å²) in [5.41, 5.74) is 3.02. The van der Waals surface area contributed by atoms with E-state index in [1.165, 1.54) is 11.1 Å². The van der Waals surface area contributed by atoms with Crippen LogP contribution in [-0.2, 0) is 0 Å². The van der Waals surface area contributed by atoms with Crippen LogP contribution in [0.15, 0.2) is 48.5 Å². The van der Waals surface area contributed by atoms with Crippen molar-refractivity contribution in [2.24, 2.45) is 0 Å². The summed E-state index contributed by atoms with van der Waals surface area (Å²) in [6, 6.07) is 18.0. The monoisotopic (exact) mass is 316 g/mol. The van der Waals surface area contributed by atoms with Crippen LogP contribution >= 0.6 is 0 Å². The van der Waals surface area contributed by atoms with Crippen molar-refractivity contribution in [2.45, 2.75) is 17.7 Å². The first-order valence-electron chi connectivity index (χ1n) is 5.76. The van der Waals surface area contributed by atoms with Crippen LogP contribution in [0.2, 0.25) is 3.86 Å². The van der Waals surface area contributed by atoms with Crippen LogP contribution in [0.1, 0.15) is 13.8 Å². The first-order chi connectivity index (χ1) is 7.79. The van der Waals surface area contributed by atoms with Crippen LogP contribution in [0.5, 0.6) is 0 Å². The Labute approximate surface area is 104 Å². The number of hydrogen-bond acceptors (Lipinski definition) is 0. The van der Waals surface area contributed by atoms with E-state index in [4.69, 9.17) is 0 Å². The van der Waals surface area contributed by atoms with Crippen molar-refractivity contribution in [3.63, 3.8) is 0 Å². The van der Waals surface area contributed by atoms with Crippen molar-refractivity contribution in [1.82, 2.24) is 0 Å². The van der Waals surface area contributed by atoms with Crippen molar-refractivity contribution in [3.8, 4) is 11.1 Å². The van der Waals surface area contributed by atoms with Gasteiger partial charge in [0.2, 0.25) is 0 Å². The fourth-order valence-electron chi connectivity index (χ4n) is 2.51. The molecule has 0 bridgehead atoms. The van der Waals surface area contributed by atoms with E-state index in [0.29, 0.717) is 0 Å². The minimum absolute atomic E-state index is 0.841. The van der Waals surface area contributed by atoms with Crippen LogP contribution in [0.3, 0.4) is 0 Å². The van der Waals surface area contributed by atoms with E-state index in [9.17, 15) is 0 Å². The van der Waals surface area contributed by atoms with Crippen molar-refractivity contribution in [3.05, 3.63) is 48.5 Å². The molecule has 0 atom stereocenters. The van der Waals surface area contributed by atoms with Crippen molar-refractivity contribution in [2.75, 3.05) is 0 Å². The zero-order chi connectivity index (χ0) is 11.1. The molecule has 0 nitrogen and oxygen atoms in total. The van der Waals surface area contributed by atoms with Gasteiger partial charge in [0.1, 0.15) is 0 Å². The second-order valence-corrected chi connectivity index (χ2v) is 12.3. The molecule has 16 heavy (non-hydrogen) atoms. The molecule has 0 N–H and O–H groups in total. The molecule has 1 aliphatic rings. The van der Waals surface area contributed by atoms with Crippen molar-refractivity contribution in [1.29, 1.82) is 0 Å². The molecule has 1 heteroatoms. The Morgan fingerprint density at radius 3 is 1.62 bits per heavy atom. The maximum atomic E-state index is 2.39. The van der Waals surface area contributed by atoms with Gasteiger partial charge in [-0.2, -0.15) is 0 Å². The predicted octanol–water partition coefficient (Wildman–Crippen LogP) is 2.69. The van der Waals surface area contributed by atoms with Gasteiger partial charge in [-0.15, -0.1) is 0 Å². The Bertz CT molecular complexity index is 483. The van der Waals surface area contributed by atoms with E-state index in [0.717, 1.165) is 3.86 Å². The molecule has 0 unspecified atom stereocenters. The Kier molecular flexibility index (Phi) is 2.56. The quantitative estimate of drug-likeness (QED) is 0.710. The molecule has 3 rings (SSSR count). The van der Waals surface area contributed by atoms with Crippen molar-refractivity contribution < 1.29 is 0 Å². The summed E-state index contributed by atoms with van der Waals surface area (Å²) in [5, 5.41) is 0. The van der Waals surface area contributed by atoms with Gasteiger partial charge in [0, 0.05) is 0 Å². The van der Waals surface area contributed by atoms with Gasteiger partial charge in [-0.3, -0.25) is 0 Å². The topological polar surface area (TPSA) is 0 Å². The molecule has 0 aliphatic carbocycles. The van der Waals surface area contributed by atoms with Crippen LogP contribution < -0.4 is 7.02 Å². The van der Waals surface area contributed by atoms with Crippen molar-refractivity contribution >= 4 is 27.2 Å². The molecule has 0 fully saturated rings. The van der Waals surface area contributed by atoms with Gasteiger partial charge in [-0.25, -0.2) is 0 Å². The molecular weight excluding hydrogens is 302 g/mol. The second-order valence-electron chi connectivity index (χ2n) is 4.50. The van der Waals surface area contributed by atoms with Gasteiger partial charge < -0.3 is 0 Å². The third kappa shape index (κ3) is 1.44. The first-order valence-corrected chi connectivity index (χ1v) is 9.79. The van der Waals surface area contributed by atoms with Crippen LogP contribution in [0.4, 0.5) is 0 Å². The summed E-state index contributed by atoms with van der Waals surface area (Å²) in [6.45, 7) is 4.78. The number of hydrogen-bond donors (Lipinski definition) is 0. The van der Waals surface area contributed by atoms with E-state index >= 15 is 0 Å². The van der Waals surface area contributed by atoms with Gasteiger partial charge in [-0.1, -0.05) is 0 Å². The molecule has 0 saturated carbocycles. The summed E-state index contributed by atoms with van der Waals surface area (Å²) in [5.74, 6) is 0. The van der Waals surface area contributed by atoms with Crippen LogP contribution in [0, 0.1) is 0 Å². The summed E-state index contributed by atoms with van der Waals surface area (Å²) in [4.78, 5) is 0. The van der Waals surface area contributed by atoms with Gasteiger partial charge in [0.15, 0.2) is 0 Å². The van der Waals surface area contributed by atoms with E-state index in [2.05, 4.69) is 62.4 Å². The standard InChI is InChI=1S/C12H8.C3H7.Sb/c1-3-7-11(8-4-1)12-9-5-2-6-10-12;1-3-2;/h1-7,9H;3H,1-2H3;. The number of benzene rings is 2. The summed E-state index contributed by atoms with van der Waals surface area (Å²) in [7, 11) is 0. The molecule has 0 radical (unpaired) electrons. The van der Waals surface area contributed by atoms with Crippen LogP contribution in [-0.4, -0.2) is 20.2 Å². The Balaban J connectivity index is 2.30. The van der Waals surface area contributed by atoms with Gasteiger partial charge in [0.25, 0.3) is 0 Å². The van der Waals surface area contributed by atoms with E-state index < -0.39 is 20.2 Å². The van der Waals surface area contributed by atoms with E-state index in [1.807, 2.05) is 0 Å². The van der Waals surface area contributed by atoms with Gasteiger partial charge >= 0.3 is 105 Å². The van der Waals surface area contributed by atoms with Gasteiger partial charge in [0.05, 0.1) is 0 Å². The molecule has 80 valence electrons. The SMILES string of the molecule is C[CH](C)[Sb]1[c]2ccccc2-c2cccc[c]21. The second kappa shape index (κ2) is 3.93. The number of fused-ring (bicyclic) bond motifs is 3. The fraction of sp³-hybridized carbons (Fsp3) is 0.200. The fourth-order valence-corrected chi connectivity index (χ4v) is 10.4. The molecule has 1 heterocycles. The molecule has 0 amide bonds. The molecule has 0 saturated heterocycles. The average molecular weight is 317 g/mol. The number of rotatable bonds is 1. The van der Waals surface area contributed by atoms with E-state index in [1.54, 1.807) is 7.02 Å². The Hall–Kier alpha value is -0.742. The molecule has 2 aromatic rings. The van der Waals surface area contributed by atoms with Gasteiger partial charge in [-0.05, 0) is 0 Å². The van der Waals surface area contributed by atoms with Crippen LogP contribution in [0.25, 0.3) is 11.1 Å². The molecule has 1 aliphatic heterocycles. The summed E-state index contributed by atoms with van der Waals surface area (Å²) >= 11 is -1.44. The summed E-state index contributed by atoms with van der Waals surface area (Å²) < 4.78 is 4.20. The normalized spacial score (nSPS) is 13.9. The average Bonchev–Trinajstić information content (AvgIpc) is 2.63. The predicted molar refractivity (Wildman–Crippen MR) is 72.0 cm³/mol. The zero-order valence-corrected chi connectivity index (χ0v) is 12.2. The molecule has 0 aromatic heterocycles. The molecule has 2 aromatic carbocycles. The molecular formula is C15H15Sb. The third-order valence-corrected chi connectivity index (χ3v) is 11.3. The molecule has 0 spiro atoms. The maximum absolute atomic E-state index is 2.39. The zero-order valence-electron chi connectivity index (χ0n) is 9.64. The summed E-state index contributed by atoms with van der Waals surface area (Å²) in [6.07, 6.45) is 0. The minimum atomic E-state index is -1.44. The van der Waals surface area contributed by atoms with E-state index in [-0.39, 0.29) is 0 Å². The Morgan fingerprint density at radius 1 is 0.750 bits per heavy atom.